The first-order valence-electron chi connectivity index (χ1n) is 5.99. The third kappa shape index (κ3) is 4.97. The molecule has 0 atom stereocenters. The standard InChI is InChI=1S/C13H18N2O4/c1-8(2)14-6-5-12(17)15-10-7-9(13(18)19)3-4-11(10)16/h3-4,7-8,14,16H,5-6H2,1-2H3,(H,15,17)(H,18,19). The molecule has 1 aromatic carbocycles. The van der Waals surface area contributed by atoms with Gasteiger partial charge in [0, 0.05) is 19.0 Å². The molecule has 6 nitrogen and oxygen atoms in total. The van der Waals surface area contributed by atoms with Gasteiger partial charge in [-0.1, -0.05) is 13.8 Å². The molecule has 104 valence electrons. The van der Waals surface area contributed by atoms with E-state index in [-0.39, 0.29) is 35.4 Å². The van der Waals surface area contributed by atoms with Crippen LogP contribution < -0.4 is 10.6 Å². The molecule has 1 rings (SSSR count). The van der Waals surface area contributed by atoms with E-state index in [0.29, 0.717) is 6.54 Å². The van der Waals surface area contributed by atoms with Gasteiger partial charge in [0.25, 0.3) is 0 Å². The molecule has 0 radical (unpaired) electrons. The predicted octanol–water partition coefficient (Wildman–Crippen LogP) is 1.42. The molecule has 0 spiro atoms. The van der Waals surface area contributed by atoms with Gasteiger partial charge in [0.05, 0.1) is 11.3 Å². The number of carboxylic acid groups (broad SMARTS) is 1. The Bertz CT molecular complexity index is 472. The van der Waals surface area contributed by atoms with Crippen LogP contribution in [-0.4, -0.2) is 34.7 Å². The van der Waals surface area contributed by atoms with E-state index in [1.54, 1.807) is 0 Å². The maximum absolute atomic E-state index is 11.6. The van der Waals surface area contributed by atoms with Crippen LogP contribution in [0.4, 0.5) is 5.69 Å². The van der Waals surface area contributed by atoms with Gasteiger partial charge in [-0.05, 0) is 18.2 Å². The van der Waals surface area contributed by atoms with Crippen molar-refractivity contribution in [2.75, 3.05) is 11.9 Å². The molecular weight excluding hydrogens is 248 g/mol. The normalized spacial score (nSPS) is 10.5. The summed E-state index contributed by atoms with van der Waals surface area (Å²) in [5.41, 5.74) is 0.114. The third-order valence-corrected chi connectivity index (χ3v) is 2.42. The van der Waals surface area contributed by atoms with E-state index in [1.165, 1.54) is 18.2 Å². The van der Waals surface area contributed by atoms with Gasteiger partial charge in [-0.25, -0.2) is 4.79 Å². The SMILES string of the molecule is CC(C)NCCC(=O)Nc1cc(C(=O)O)ccc1O. The Kier molecular flexibility index (Phi) is 5.32. The molecule has 0 saturated heterocycles. The zero-order chi connectivity index (χ0) is 14.4. The second kappa shape index (κ2) is 6.75. The van der Waals surface area contributed by atoms with Crippen LogP contribution in [0, 0.1) is 0 Å². The van der Waals surface area contributed by atoms with Crippen molar-refractivity contribution in [2.45, 2.75) is 26.3 Å². The molecule has 1 aromatic rings. The Morgan fingerprint density at radius 2 is 2.00 bits per heavy atom. The fourth-order valence-electron chi connectivity index (χ4n) is 1.46. The van der Waals surface area contributed by atoms with E-state index in [0.717, 1.165) is 0 Å². The summed E-state index contributed by atoms with van der Waals surface area (Å²) in [5, 5.41) is 24.0. The molecule has 0 heterocycles. The lowest BCUT2D eigenvalue weighted by molar-refractivity contribution is -0.116. The highest BCUT2D eigenvalue weighted by molar-refractivity contribution is 5.95. The van der Waals surface area contributed by atoms with Crippen LogP contribution >= 0.6 is 0 Å². The van der Waals surface area contributed by atoms with Crippen molar-refractivity contribution in [1.82, 2.24) is 5.32 Å². The lowest BCUT2D eigenvalue weighted by atomic mass is 10.2. The second-order valence-electron chi connectivity index (χ2n) is 4.44. The van der Waals surface area contributed by atoms with Gasteiger partial charge in [0.1, 0.15) is 5.75 Å². The first-order chi connectivity index (χ1) is 8.90. The Morgan fingerprint density at radius 3 is 2.58 bits per heavy atom. The zero-order valence-corrected chi connectivity index (χ0v) is 10.9. The van der Waals surface area contributed by atoms with Crippen LogP contribution in [0.25, 0.3) is 0 Å². The minimum atomic E-state index is -1.11. The molecule has 0 aromatic heterocycles. The van der Waals surface area contributed by atoms with E-state index < -0.39 is 5.97 Å². The minimum absolute atomic E-state index is 0.00778. The highest BCUT2D eigenvalue weighted by atomic mass is 16.4. The summed E-state index contributed by atoms with van der Waals surface area (Å²) in [5.74, 6) is -1.56. The highest BCUT2D eigenvalue weighted by Crippen LogP contribution is 2.24. The Hall–Kier alpha value is -2.08. The minimum Gasteiger partial charge on any atom is -0.506 e. The van der Waals surface area contributed by atoms with Gasteiger partial charge >= 0.3 is 5.97 Å². The molecule has 19 heavy (non-hydrogen) atoms. The average Bonchev–Trinajstić information content (AvgIpc) is 2.31. The molecule has 0 saturated carbocycles. The molecule has 4 N–H and O–H groups in total. The maximum Gasteiger partial charge on any atom is 0.335 e. The van der Waals surface area contributed by atoms with Gasteiger partial charge in [-0.2, -0.15) is 0 Å². The smallest absolute Gasteiger partial charge is 0.335 e. The van der Waals surface area contributed by atoms with E-state index in [1.807, 2.05) is 13.8 Å². The molecule has 0 unspecified atom stereocenters. The van der Waals surface area contributed by atoms with Gasteiger partial charge in [-0.3, -0.25) is 4.79 Å². The van der Waals surface area contributed by atoms with Crippen molar-refractivity contribution < 1.29 is 19.8 Å². The van der Waals surface area contributed by atoms with Crippen LogP contribution in [0.3, 0.4) is 0 Å². The van der Waals surface area contributed by atoms with Crippen LogP contribution in [0.5, 0.6) is 5.75 Å². The number of hydrogen-bond acceptors (Lipinski definition) is 4. The van der Waals surface area contributed by atoms with E-state index in [9.17, 15) is 14.7 Å². The number of benzene rings is 1. The molecule has 0 aliphatic heterocycles. The van der Waals surface area contributed by atoms with Crippen molar-refractivity contribution in [1.29, 1.82) is 0 Å². The lowest BCUT2D eigenvalue weighted by Crippen LogP contribution is -2.27. The number of nitrogens with one attached hydrogen (secondary N) is 2. The summed E-state index contributed by atoms with van der Waals surface area (Å²) in [7, 11) is 0. The largest absolute Gasteiger partial charge is 0.506 e. The van der Waals surface area contributed by atoms with Crippen LogP contribution in [0.15, 0.2) is 18.2 Å². The fourth-order valence-corrected chi connectivity index (χ4v) is 1.46. The number of hydrogen-bond donors (Lipinski definition) is 4. The number of phenolic OH excluding ortho intramolecular Hbond substituents is 1. The summed E-state index contributed by atoms with van der Waals surface area (Å²) >= 11 is 0. The summed E-state index contributed by atoms with van der Waals surface area (Å²) < 4.78 is 0. The van der Waals surface area contributed by atoms with Crippen molar-refractivity contribution >= 4 is 17.6 Å². The summed E-state index contributed by atoms with van der Waals surface area (Å²) in [6, 6.07) is 4.03. The van der Waals surface area contributed by atoms with Crippen LogP contribution in [0.2, 0.25) is 0 Å². The van der Waals surface area contributed by atoms with Crippen molar-refractivity contribution in [3.63, 3.8) is 0 Å². The predicted molar refractivity (Wildman–Crippen MR) is 71.5 cm³/mol. The van der Waals surface area contributed by atoms with Crippen LogP contribution in [0.1, 0.15) is 30.6 Å². The number of rotatable bonds is 6. The first-order valence-corrected chi connectivity index (χ1v) is 5.99. The van der Waals surface area contributed by atoms with Crippen molar-refractivity contribution in [3.05, 3.63) is 23.8 Å². The van der Waals surface area contributed by atoms with E-state index in [2.05, 4.69) is 10.6 Å². The zero-order valence-electron chi connectivity index (χ0n) is 10.9. The monoisotopic (exact) mass is 266 g/mol. The quantitative estimate of drug-likeness (QED) is 0.584. The number of carbonyl (C=O) groups is 2. The van der Waals surface area contributed by atoms with Gasteiger partial charge < -0.3 is 20.8 Å². The number of carbonyl (C=O) groups excluding carboxylic acids is 1. The average molecular weight is 266 g/mol. The molecule has 0 fully saturated rings. The van der Waals surface area contributed by atoms with E-state index in [4.69, 9.17) is 5.11 Å². The third-order valence-electron chi connectivity index (χ3n) is 2.42. The Morgan fingerprint density at radius 1 is 1.32 bits per heavy atom. The summed E-state index contributed by atoms with van der Waals surface area (Å²) in [6.07, 6.45) is 0.245. The van der Waals surface area contributed by atoms with Crippen molar-refractivity contribution in [2.24, 2.45) is 0 Å². The molecule has 6 heteroatoms. The number of phenols is 1. The maximum atomic E-state index is 11.6. The van der Waals surface area contributed by atoms with Crippen molar-refractivity contribution in [3.8, 4) is 5.75 Å². The first kappa shape index (κ1) is 15.0. The Labute approximate surface area is 111 Å². The second-order valence-corrected chi connectivity index (χ2v) is 4.44. The van der Waals surface area contributed by atoms with Gasteiger partial charge in [0.2, 0.25) is 5.91 Å². The van der Waals surface area contributed by atoms with E-state index >= 15 is 0 Å². The van der Waals surface area contributed by atoms with Gasteiger partial charge in [-0.15, -0.1) is 0 Å². The van der Waals surface area contributed by atoms with Crippen LogP contribution in [-0.2, 0) is 4.79 Å². The number of aromatic carboxylic acids is 1. The number of amides is 1. The molecule has 0 aliphatic carbocycles. The number of anilines is 1. The topological polar surface area (TPSA) is 98.7 Å². The fraction of sp³-hybridized carbons (Fsp3) is 0.385. The molecule has 0 bridgehead atoms. The number of carboxylic acids is 1. The summed E-state index contributed by atoms with van der Waals surface area (Å²) in [6.45, 7) is 4.46. The lowest BCUT2D eigenvalue weighted by Gasteiger charge is -2.10. The number of aromatic hydroxyl groups is 1. The summed E-state index contributed by atoms with van der Waals surface area (Å²) in [4.78, 5) is 22.4. The highest BCUT2D eigenvalue weighted by Gasteiger charge is 2.10. The molecule has 0 aliphatic rings. The van der Waals surface area contributed by atoms with Gasteiger partial charge in [0.15, 0.2) is 0 Å². The molecular formula is C13H18N2O4. The molecule has 1 amide bonds. The Balaban J connectivity index is 2.63.